The first-order valence-electron chi connectivity index (χ1n) is 6.61. The average Bonchev–Trinajstić information content (AvgIpc) is 2.99. The van der Waals surface area contributed by atoms with E-state index in [0.29, 0.717) is 12.5 Å². The lowest BCUT2D eigenvalue weighted by atomic mass is 10.1. The summed E-state index contributed by atoms with van der Waals surface area (Å²) in [4.78, 5) is 4.61. The van der Waals surface area contributed by atoms with Gasteiger partial charge in [-0.3, -0.25) is 0 Å². The van der Waals surface area contributed by atoms with Crippen molar-refractivity contribution in [1.29, 1.82) is 0 Å². The molecule has 2 rings (SSSR count). The predicted molar refractivity (Wildman–Crippen MR) is 72.6 cm³/mol. The smallest absolute Gasteiger partial charge is 0.122 e. The van der Waals surface area contributed by atoms with Crippen LogP contribution in [0.3, 0.4) is 0 Å². The largest absolute Gasteiger partial charge is 0.395 e. The number of hydrogen-bond acceptors (Lipinski definition) is 5. The number of aromatic nitrogens is 1. The molecule has 0 aromatic carbocycles. The molecule has 1 unspecified atom stereocenters. The highest BCUT2D eigenvalue weighted by Gasteiger charge is 2.21. The van der Waals surface area contributed by atoms with Gasteiger partial charge in [0.15, 0.2) is 0 Å². The standard InChI is InChI=1S/C13H22N2O2S/c1-9(2)11(7-16)14-6-10-8-18-13(15-10)12-4-3-5-17-12/h8-9,11-12,14,16H,3-7H2,1-2H3/t11-,12?/m1/s1. The summed E-state index contributed by atoms with van der Waals surface area (Å²) in [5, 5.41) is 15.8. The molecule has 0 aliphatic carbocycles. The number of rotatable bonds is 6. The Morgan fingerprint density at radius 3 is 3.06 bits per heavy atom. The van der Waals surface area contributed by atoms with E-state index >= 15 is 0 Å². The van der Waals surface area contributed by atoms with Crippen molar-refractivity contribution in [2.75, 3.05) is 13.2 Å². The van der Waals surface area contributed by atoms with Gasteiger partial charge in [0.25, 0.3) is 0 Å². The quantitative estimate of drug-likeness (QED) is 0.831. The van der Waals surface area contributed by atoms with Crippen LogP contribution < -0.4 is 5.32 Å². The Bertz CT molecular complexity index is 362. The van der Waals surface area contributed by atoms with E-state index in [1.165, 1.54) is 0 Å². The van der Waals surface area contributed by atoms with E-state index < -0.39 is 0 Å². The van der Waals surface area contributed by atoms with E-state index in [2.05, 4.69) is 29.5 Å². The second-order valence-corrected chi connectivity index (χ2v) is 5.98. The molecule has 102 valence electrons. The molecule has 18 heavy (non-hydrogen) atoms. The molecule has 2 N–H and O–H groups in total. The van der Waals surface area contributed by atoms with E-state index in [9.17, 15) is 5.11 Å². The Hall–Kier alpha value is -0.490. The van der Waals surface area contributed by atoms with Crippen LogP contribution in [0.15, 0.2) is 5.38 Å². The number of nitrogens with zero attached hydrogens (tertiary/aromatic N) is 1. The summed E-state index contributed by atoms with van der Waals surface area (Å²) in [6, 6.07) is 0.137. The molecule has 1 aromatic heterocycles. The van der Waals surface area contributed by atoms with Crippen LogP contribution in [0, 0.1) is 5.92 Å². The highest BCUT2D eigenvalue weighted by molar-refractivity contribution is 7.09. The van der Waals surface area contributed by atoms with Crippen molar-refractivity contribution in [1.82, 2.24) is 10.3 Å². The highest BCUT2D eigenvalue weighted by Crippen LogP contribution is 2.30. The SMILES string of the molecule is CC(C)[C@@H](CO)NCc1csc(C2CCCO2)n1. The topological polar surface area (TPSA) is 54.4 Å². The number of thiazole rings is 1. The van der Waals surface area contributed by atoms with Gasteiger partial charge in [-0.15, -0.1) is 11.3 Å². The Balaban J connectivity index is 1.86. The molecule has 1 aliphatic rings. The molecule has 1 aromatic rings. The van der Waals surface area contributed by atoms with Crippen LogP contribution in [0.4, 0.5) is 0 Å². The van der Waals surface area contributed by atoms with Gasteiger partial charge in [-0.2, -0.15) is 0 Å². The molecule has 1 fully saturated rings. The van der Waals surface area contributed by atoms with Crippen molar-refractivity contribution in [2.45, 2.75) is 45.4 Å². The van der Waals surface area contributed by atoms with E-state index in [1.807, 2.05) is 0 Å². The van der Waals surface area contributed by atoms with Crippen molar-refractivity contribution in [3.8, 4) is 0 Å². The minimum Gasteiger partial charge on any atom is -0.395 e. The maximum absolute atomic E-state index is 9.25. The molecular formula is C13H22N2O2S. The summed E-state index contributed by atoms with van der Waals surface area (Å²) in [7, 11) is 0. The van der Waals surface area contributed by atoms with Gasteiger partial charge in [-0.05, 0) is 18.8 Å². The number of ether oxygens (including phenoxy) is 1. The first-order valence-corrected chi connectivity index (χ1v) is 7.48. The molecule has 0 bridgehead atoms. The summed E-state index contributed by atoms with van der Waals surface area (Å²) in [6.07, 6.45) is 2.44. The lowest BCUT2D eigenvalue weighted by Crippen LogP contribution is -2.36. The summed E-state index contributed by atoms with van der Waals surface area (Å²) in [6.45, 7) is 5.95. The van der Waals surface area contributed by atoms with E-state index in [4.69, 9.17) is 4.74 Å². The van der Waals surface area contributed by atoms with Crippen LogP contribution in [-0.4, -0.2) is 29.3 Å². The minimum absolute atomic E-state index is 0.137. The van der Waals surface area contributed by atoms with Crippen LogP contribution in [0.5, 0.6) is 0 Å². The van der Waals surface area contributed by atoms with Crippen molar-refractivity contribution < 1.29 is 9.84 Å². The predicted octanol–water partition coefficient (Wildman–Crippen LogP) is 2.10. The number of aliphatic hydroxyl groups is 1. The molecule has 2 heterocycles. The third-order valence-electron chi connectivity index (χ3n) is 3.32. The lowest BCUT2D eigenvalue weighted by Gasteiger charge is -2.19. The van der Waals surface area contributed by atoms with Gasteiger partial charge in [0.2, 0.25) is 0 Å². The molecule has 1 aliphatic heterocycles. The second-order valence-electron chi connectivity index (χ2n) is 5.09. The maximum atomic E-state index is 9.25. The molecule has 0 spiro atoms. The molecule has 5 heteroatoms. The fraction of sp³-hybridized carbons (Fsp3) is 0.769. The lowest BCUT2D eigenvalue weighted by molar-refractivity contribution is 0.111. The Morgan fingerprint density at radius 1 is 1.61 bits per heavy atom. The Labute approximate surface area is 112 Å². The molecule has 2 atom stereocenters. The van der Waals surface area contributed by atoms with E-state index in [-0.39, 0.29) is 18.8 Å². The van der Waals surface area contributed by atoms with Gasteiger partial charge < -0.3 is 15.2 Å². The second kappa shape index (κ2) is 6.61. The number of hydrogen-bond donors (Lipinski definition) is 2. The van der Waals surface area contributed by atoms with Gasteiger partial charge in [0.1, 0.15) is 11.1 Å². The van der Waals surface area contributed by atoms with Crippen molar-refractivity contribution in [2.24, 2.45) is 5.92 Å². The zero-order valence-corrected chi connectivity index (χ0v) is 11.9. The van der Waals surface area contributed by atoms with Crippen LogP contribution in [0.25, 0.3) is 0 Å². The van der Waals surface area contributed by atoms with Gasteiger partial charge in [0, 0.05) is 24.6 Å². The molecule has 0 saturated carbocycles. The van der Waals surface area contributed by atoms with Crippen molar-refractivity contribution in [3.63, 3.8) is 0 Å². The monoisotopic (exact) mass is 270 g/mol. The zero-order valence-electron chi connectivity index (χ0n) is 11.1. The summed E-state index contributed by atoms with van der Waals surface area (Å²) >= 11 is 1.68. The normalized spacial score (nSPS) is 21.7. The van der Waals surface area contributed by atoms with Crippen LogP contribution in [-0.2, 0) is 11.3 Å². The van der Waals surface area contributed by atoms with E-state index in [1.54, 1.807) is 11.3 Å². The van der Waals surface area contributed by atoms with Gasteiger partial charge in [-0.1, -0.05) is 13.8 Å². The Morgan fingerprint density at radius 2 is 2.44 bits per heavy atom. The molecule has 0 amide bonds. The summed E-state index contributed by atoms with van der Waals surface area (Å²) in [5.74, 6) is 0.422. The zero-order chi connectivity index (χ0) is 13.0. The van der Waals surface area contributed by atoms with Gasteiger partial charge in [-0.25, -0.2) is 4.98 Å². The average molecular weight is 270 g/mol. The Kier molecular flexibility index (Phi) is 5.12. The maximum Gasteiger partial charge on any atom is 0.122 e. The van der Waals surface area contributed by atoms with Gasteiger partial charge >= 0.3 is 0 Å². The number of nitrogens with one attached hydrogen (secondary N) is 1. The fourth-order valence-electron chi connectivity index (χ4n) is 2.07. The highest BCUT2D eigenvalue weighted by atomic mass is 32.1. The van der Waals surface area contributed by atoms with Crippen LogP contribution in [0.1, 0.15) is 43.5 Å². The summed E-state index contributed by atoms with van der Waals surface area (Å²) < 4.78 is 5.62. The van der Waals surface area contributed by atoms with Crippen molar-refractivity contribution >= 4 is 11.3 Å². The summed E-state index contributed by atoms with van der Waals surface area (Å²) in [5.41, 5.74) is 1.05. The first-order chi connectivity index (χ1) is 8.70. The molecular weight excluding hydrogens is 248 g/mol. The number of aliphatic hydroxyl groups excluding tert-OH is 1. The molecule has 0 radical (unpaired) electrons. The van der Waals surface area contributed by atoms with E-state index in [0.717, 1.165) is 30.2 Å². The minimum atomic E-state index is 0.137. The van der Waals surface area contributed by atoms with Crippen molar-refractivity contribution in [3.05, 3.63) is 16.1 Å². The van der Waals surface area contributed by atoms with Crippen LogP contribution in [0.2, 0.25) is 0 Å². The third-order valence-corrected chi connectivity index (χ3v) is 4.31. The third kappa shape index (κ3) is 3.51. The fourth-order valence-corrected chi connectivity index (χ4v) is 2.97. The first kappa shape index (κ1) is 13.9. The van der Waals surface area contributed by atoms with Gasteiger partial charge in [0.05, 0.1) is 12.3 Å². The van der Waals surface area contributed by atoms with Crippen LogP contribution >= 0.6 is 11.3 Å². The molecule has 1 saturated heterocycles. The molecule has 4 nitrogen and oxygen atoms in total.